The van der Waals surface area contributed by atoms with E-state index < -0.39 is 5.54 Å². The minimum atomic E-state index is -0.603. The fourth-order valence-corrected chi connectivity index (χ4v) is 1.52. The molecule has 0 aliphatic carbocycles. The summed E-state index contributed by atoms with van der Waals surface area (Å²) in [6.07, 6.45) is 1.35. The van der Waals surface area contributed by atoms with Gasteiger partial charge in [0.05, 0.1) is 5.56 Å². The van der Waals surface area contributed by atoms with Gasteiger partial charge >= 0.3 is 0 Å². The van der Waals surface area contributed by atoms with E-state index in [2.05, 4.69) is 0 Å². The van der Waals surface area contributed by atoms with Crippen molar-refractivity contribution in [2.45, 2.75) is 32.7 Å². The number of rotatable bonds is 3. The Morgan fingerprint density at radius 3 is 2.60 bits per heavy atom. The number of hydrogen-bond acceptors (Lipinski definition) is 3. The van der Waals surface area contributed by atoms with Gasteiger partial charge in [0.25, 0.3) is 0 Å². The van der Waals surface area contributed by atoms with Gasteiger partial charge in [0.2, 0.25) is 0 Å². The number of phenolic OH excluding ortho intramolecular Hbond substituents is 1. The molecule has 1 aromatic rings. The molecule has 15 heavy (non-hydrogen) atoms. The van der Waals surface area contributed by atoms with Gasteiger partial charge in [-0.1, -0.05) is 13.0 Å². The molecule has 1 atom stereocenters. The lowest BCUT2D eigenvalue weighted by Crippen LogP contribution is -2.32. The van der Waals surface area contributed by atoms with Gasteiger partial charge in [-0.15, -0.1) is 0 Å². The fourth-order valence-electron chi connectivity index (χ4n) is 1.52. The largest absolute Gasteiger partial charge is 0.507 e. The first kappa shape index (κ1) is 11.7. The van der Waals surface area contributed by atoms with E-state index in [1.807, 2.05) is 26.8 Å². The predicted molar refractivity (Wildman–Crippen MR) is 60.1 cm³/mol. The van der Waals surface area contributed by atoms with Gasteiger partial charge in [-0.3, -0.25) is 4.79 Å². The number of aldehydes is 1. The zero-order chi connectivity index (χ0) is 11.6. The van der Waals surface area contributed by atoms with Crippen LogP contribution in [0.25, 0.3) is 0 Å². The summed E-state index contributed by atoms with van der Waals surface area (Å²) in [6.45, 7) is 5.67. The number of hydrogen-bond donors (Lipinski definition) is 2. The topological polar surface area (TPSA) is 63.3 Å². The minimum Gasteiger partial charge on any atom is -0.507 e. The van der Waals surface area contributed by atoms with E-state index in [1.165, 1.54) is 0 Å². The fraction of sp³-hybridized carbons (Fsp3) is 0.417. The lowest BCUT2D eigenvalue weighted by Gasteiger charge is -2.25. The highest BCUT2D eigenvalue weighted by molar-refractivity contribution is 5.80. The van der Waals surface area contributed by atoms with Crippen LogP contribution < -0.4 is 5.73 Å². The van der Waals surface area contributed by atoms with E-state index >= 15 is 0 Å². The van der Waals surface area contributed by atoms with Crippen molar-refractivity contribution in [3.8, 4) is 5.75 Å². The van der Waals surface area contributed by atoms with Crippen LogP contribution in [0.5, 0.6) is 5.75 Å². The Morgan fingerprint density at radius 2 is 2.13 bits per heavy atom. The number of carbonyl (C=O) groups excluding carboxylic acids is 1. The maximum absolute atomic E-state index is 10.7. The molecule has 0 radical (unpaired) electrons. The monoisotopic (exact) mass is 207 g/mol. The molecule has 1 rings (SSSR count). The molecular formula is C12H17NO2. The van der Waals surface area contributed by atoms with Crippen LogP contribution in [0.15, 0.2) is 12.1 Å². The zero-order valence-corrected chi connectivity index (χ0v) is 9.37. The molecule has 3 N–H and O–H groups in total. The van der Waals surface area contributed by atoms with Gasteiger partial charge in [0, 0.05) is 11.1 Å². The van der Waals surface area contributed by atoms with Gasteiger partial charge in [0.1, 0.15) is 5.75 Å². The van der Waals surface area contributed by atoms with Gasteiger partial charge in [-0.2, -0.15) is 0 Å². The van der Waals surface area contributed by atoms with Crippen LogP contribution in [0.4, 0.5) is 0 Å². The normalized spacial score (nSPS) is 14.7. The molecule has 0 spiro atoms. The van der Waals surface area contributed by atoms with Crippen LogP contribution in [0.2, 0.25) is 0 Å². The molecule has 82 valence electrons. The first-order valence-corrected chi connectivity index (χ1v) is 5.00. The first-order valence-electron chi connectivity index (χ1n) is 5.00. The Morgan fingerprint density at radius 1 is 1.53 bits per heavy atom. The van der Waals surface area contributed by atoms with E-state index in [1.54, 1.807) is 6.07 Å². The molecule has 3 nitrogen and oxygen atoms in total. The highest BCUT2D eigenvalue weighted by Gasteiger charge is 2.24. The van der Waals surface area contributed by atoms with Crippen molar-refractivity contribution < 1.29 is 9.90 Å². The van der Waals surface area contributed by atoms with Gasteiger partial charge in [-0.25, -0.2) is 0 Å². The number of benzene rings is 1. The molecule has 3 heteroatoms. The van der Waals surface area contributed by atoms with Crippen LogP contribution in [-0.2, 0) is 5.54 Å². The molecule has 0 saturated heterocycles. The highest BCUT2D eigenvalue weighted by atomic mass is 16.3. The second kappa shape index (κ2) is 4.03. The molecule has 0 bridgehead atoms. The van der Waals surface area contributed by atoms with Crippen molar-refractivity contribution >= 4 is 6.29 Å². The summed E-state index contributed by atoms with van der Waals surface area (Å²) in [6, 6.07) is 3.48. The molecule has 0 aromatic heterocycles. The lowest BCUT2D eigenvalue weighted by atomic mass is 9.87. The Labute approximate surface area is 89.9 Å². The van der Waals surface area contributed by atoms with Crippen LogP contribution in [0.1, 0.15) is 41.8 Å². The summed E-state index contributed by atoms with van der Waals surface area (Å²) >= 11 is 0. The lowest BCUT2D eigenvalue weighted by molar-refractivity contribution is 0.112. The highest BCUT2D eigenvalue weighted by Crippen LogP contribution is 2.32. The summed E-state index contributed by atoms with van der Waals surface area (Å²) in [7, 11) is 0. The molecule has 0 fully saturated rings. The van der Waals surface area contributed by atoms with E-state index in [0.717, 1.165) is 5.56 Å². The van der Waals surface area contributed by atoms with Gasteiger partial charge < -0.3 is 10.8 Å². The predicted octanol–water partition coefficient (Wildman–Crippen LogP) is 2.10. The third kappa shape index (κ3) is 2.18. The summed E-state index contributed by atoms with van der Waals surface area (Å²) in [5, 5.41) is 9.87. The quantitative estimate of drug-likeness (QED) is 0.746. The van der Waals surface area contributed by atoms with E-state index in [4.69, 9.17) is 5.73 Å². The van der Waals surface area contributed by atoms with E-state index in [9.17, 15) is 9.90 Å². The molecule has 1 aromatic carbocycles. The van der Waals surface area contributed by atoms with Crippen molar-refractivity contribution in [2.24, 2.45) is 5.73 Å². The Hall–Kier alpha value is -1.35. The van der Waals surface area contributed by atoms with Crippen molar-refractivity contribution in [2.75, 3.05) is 0 Å². The van der Waals surface area contributed by atoms with E-state index in [0.29, 0.717) is 23.8 Å². The standard InChI is InChI=1S/C12H17NO2/c1-4-12(3,13)10-6-8(2)5-9(7-14)11(10)15/h5-7,15H,4,13H2,1-3H3. The summed E-state index contributed by atoms with van der Waals surface area (Å²) in [4.78, 5) is 10.7. The number of phenols is 1. The maximum atomic E-state index is 10.7. The first-order chi connectivity index (χ1) is 6.92. The maximum Gasteiger partial charge on any atom is 0.153 e. The van der Waals surface area contributed by atoms with Crippen molar-refractivity contribution in [3.63, 3.8) is 0 Å². The van der Waals surface area contributed by atoms with Crippen molar-refractivity contribution in [3.05, 3.63) is 28.8 Å². The smallest absolute Gasteiger partial charge is 0.153 e. The number of carbonyl (C=O) groups is 1. The van der Waals surface area contributed by atoms with Gasteiger partial charge in [-0.05, 0) is 31.9 Å². The molecule has 0 aliphatic rings. The average molecular weight is 207 g/mol. The van der Waals surface area contributed by atoms with Crippen molar-refractivity contribution in [1.82, 2.24) is 0 Å². The van der Waals surface area contributed by atoms with Crippen molar-refractivity contribution in [1.29, 1.82) is 0 Å². The molecule has 0 heterocycles. The SMILES string of the molecule is CCC(C)(N)c1cc(C)cc(C=O)c1O. The Balaban J connectivity index is 3.42. The van der Waals surface area contributed by atoms with Crippen LogP contribution in [0.3, 0.4) is 0 Å². The molecule has 0 saturated carbocycles. The van der Waals surface area contributed by atoms with Crippen LogP contribution in [0, 0.1) is 6.92 Å². The van der Waals surface area contributed by atoms with Crippen LogP contribution >= 0.6 is 0 Å². The summed E-state index contributed by atoms with van der Waals surface area (Å²) in [5.41, 5.74) is 7.31. The Bertz CT molecular complexity index is 383. The summed E-state index contributed by atoms with van der Waals surface area (Å²) in [5.74, 6) is 0.00227. The second-order valence-electron chi connectivity index (χ2n) is 4.14. The number of nitrogens with two attached hydrogens (primary N) is 1. The molecule has 0 aliphatic heterocycles. The molecule has 0 amide bonds. The summed E-state index contributed by atoms with van der Waals surface area (Å²) < 4.78 is 0. The van der Waals surface area contributed by atoms with Crippen LogP contribution in [-0.4, -0.2) is 11.4 Å². The van der Waals surface area contributed by atoms with Gasteiger partial charge in [0.15, 0.2) is 6.29 Å². The molecule has 1 unspecified atom stereocenters. The number of aryl methyl sites for hydroxylation is 1. The Kier molecular flexibility index (Phi) is 3.15. The number of aromatic hydroxyl groups is 1. The zero-order valence-electron chi connectivity index (χ0n) is 9.37. The third-order valence-electron chi connectivity index (χ3n) is 2.76. The second-order valence-corrected chi connectivity index (χ2v) is 4.14. The average Bonchev–Trinajstić information content (AvgIpc) is 2.20. The molecular weight excluding hydrogens is 190 g/mol. The minimum absolute atomic E-state index is 0.00227. The van der Waals surface area contributed by atoms with E-state index in [-0.39, 0.29) is 5.75 Å². The third-order valence-corrected chi connectivity index (χ3v) is 2.76.